The lowest BCUT2D eigenvalue weighted by Gasteiger charge is -2.26. The van der Waals surface area contributed by atoms with E-state index >= 15 is 0 Å². The first-order valence-corrected chi connectivity index (χ1v) is 7.06. The molecule has 0 aromatic heterocycles. The molecule has 0 spiro atoms. The predicted molar refractivity (Wildman–Crippen MR) is 78.7 cm³/mol. The van der Waals surface area contributed by atoms with Crippen LogP contribution in [0, 0.1) is 0 Å². The van der Waals surface area contributed by atoms with E-state index in [1.165, 1.54) is 0 Å². The summed E-state index contributed by atoms with van der Waals surface area (Å²) in [5.41, 5.74) is 6.22. The Balaban J connectivity index is 2.57. The van der Waals surface area contributed by atoms with Crippen LogP contribution in [0.2, 0.25) is 0 Å². The average molecular weight is 266 g/mol. The van der Waals surface area contributed by atoms with Gasteiger partial charge >= 0.3 is 0 Å². The van der Waals surface area contributed by atoms with Crippen molar-refractivity contribution < 1.29 is 4.79 Å². The van der Waals surface area contributed by atoms with Crippen LogP contribution in [0.4, 0.5) is 5.69 Å². The van der Waals surface area contributed by atoms with Crippen molar-refractivity contribution in [2.24, 2.45) is 0 Å². The minimum atomic E-state index is -0.146. The SMILES string of the molecule is CCC(C)(C)NC(=O)C(C)Sc1ccc(N)cc1. The molecule has 4 heteroatoms. The molecule has 0 saturated heterocycles. The highest BCUT2D eigenvalue weighted by atomic mass is 32.2. The summed E-state index contributed by atoms with van der Waals surface area (Å²) in [6.45, 7) is 8.05. The van der Waals surface area contributed by atoms with Crippen LogP contribution in [0.3, 0.4) is 0 Å². The highest BCUT2D eigenvalue weighted by Crippen LogP contribution is 2.24. The zero-order chi connectivity index (χ0) is 13.8. The van der Waals surface area contributed by atoms with Gasteiger partial charge in [-0.15, -0.1) is 11.8 Å². The lowest BCUT2D eigenvalue weighted by atomic mass is 10.0. The summed E-state index contributed by atoms with van der Waals surface area (Å²) in [6.07, 6.45) is 0.915. The maximum absolute atomic E-state index is 12.0. The summed E-state index contributed by atoms with van der Waals surface area (Å²) < 4.78 is 0. The van der Waals surface area contributed by atoms with Crippen LogP contribution in [0.25, 0.3) is 0 Å². The monoisotopic (exact) mass is 266 g/mol. The number of nitrogens with two attached hydrogens (primary N) is 1. The Bertz CT molecular complexity index is 401. The van der Waals surface area contributed by atoms with Gasteiger partial charge in [-0.05, 0) is 51.5 Å². The molecular weight excluding hydrogens is 244 g/mol. The minimum Gasteiger partial charge on any atom is -0.399 e. The number of hydrogen-bond donors (Lipinski definition) is 2. The first-order chi connectivity index (χ1) is 8.34. The molecule has 18 heavy (non-hydrogen) atoms. The van der Waals surface area contributed by atoms with Crippen LogP contribution >= 0.6 is 11.8 Å². The fourth-order valence-electron chi connectivity index (χ4n) is 1.33. The number of anilines is 1. The Kier molecular flexibility index (Phi) is 5.08. The third-order valence-electron chi connectivity index (χ3n) is 2.91. The molecule has 0 aliphatic carbocycles. The van der Waals surface area contributed by atoms with E-state index in [1.54, 1.807) is 11.8 Å². The standard InChI is InChI=1S/C14H22N2OS/c1-5-14(3,4)16-13(17)10(2)18-12-8-6-11(15)7-9-12/h6-10H,5,15H2,1-4H3,(H,16,17). The Morgan fingerprint density at radius 3 is 2.44 bits per heavy atom. The molecule has 1 atom stereocenters. The van der Waals surface area contributed by atoms with Crippen molar-refractivity contribution in [2.75, 3.05) is 5.73 Å². The normalized spacial score (nSPS) is 13.1. The molecule has 0 saturated carbocycles. The predicted octanol–water partition coefficient (Wildman–Crippen LogP) is 3.05. The molecule has 1 aromatic rings. The Morgan fingerprint density at radius 1 is 1.39 bits per heavy atom. The number of nitrogen functional groups attached to an aromatic ring is 1. The van der Waals surface area contributed by atoms with Crippen molar-refractivity contribution in [3.05, 3.63) is 24.3 Å². The van der Waals surface area contributed by atoms with E-state index < -0.39 is 0 Å². The smallest absolute Gasteiger partial charge is 0.233 e. The maximum Gasteiger partial charge on any atom is 0.233 e. The molecular formula is C14H22N2OS. The third kappa shape index (κ3) is 4.61. The molecule has 0 heterocycles. The fourth-order valence-corrected chi connectivity index (χ4v) is 2.20. The van der Waals surface area contributed by atoms with Gasteiger partial charge in [-0.3, -0.25) is 4.79 Å². The average Bonchev–Trinajstić information content (AvgIpc) is 2.31. The summed E-state index contributed by atoms with van der Waals surface area (Å²) in [5, 5.41) is 2.94. The largest absolute Gasteiger partial charge is 0.399 e. The molecule has 1 unspecified atom stereocenters. The second kappa shape index (κ2) is 6.14. The number of benzene rings is 1. The molecule has 100 valence electrons. The number of carbonyl (C=O) groups excluding carboxylic acids is 1. The van der Waals surface area contributed by atoms with Crippen molar-refractivity contribution in [2.45, 2.75) is 49.8 Å². The number of hydrogen-bond acceptors (Lipinski definition) is 3. The molecule has 1 amide bonds. The summed E-state index contributed by atoms with van der Waals surface area (Å²) in [6, 6.07) is 7.58. The zero-order valence-electron chi connectivity index (χ0n) is 11.5. The Morgan fingerprint density at radius 2 is 1.94 bits per heavy atom. The molecule has 1 aromatic carbocycles. The van der Waals surface area contributed by atoms with Gasteiger partial charge < -0.3 is 11.1 Å². The molecule has 3 N–H and O–H groups in total. The zero-order valence-corrected chi connectivity index (χ0v) is 12.3. The van der Waals surface area contributed by atoms with Crippen LogP contribution < -0.4 is 11.1 Å². The molecule has 0 fully saturated rings. The first kappa shape index (κ1) is 14.9. The van der Waals surface area contributed by atoms with Crippen molar-refractivity contribution in [3.63, 3.8) is 0 Å². The van der Waals surface area contributed by atoms with E-state index in [2.05, 4.69) is 12.2 Å². The van der Waals surface area contributed by atoms with Gasteiger partial charge in [0.1, 0.15) is 0 Å². The van der Waals surface area contributed by atoms with Gasteiger partial charge in [-0.2, -0.15) is 0 Å². The first-order valence-electron chi connectivity index (χ1n) is 6.18. The number of nitrogens with one attached hydrogen (secondary N) is 1. The van der Waals surface area contributed by atoms with Crippen LogP contribution in [0.1, 0.15) is 34.1 Å². The molecule has 1 rings (SSSR count). The molecule has 0 radical (unpaired) electrons. The summed E-state index contributed by atoms with van der Waals surface area (Å²) in [7, 11) is 0. The second-order valence-electron chi connectivity index (χ2n) is 5.06. The quantitative estimate of drug-likeness (QED) is 0.636. The van der Waals surface area contributed by atoms with E-state index in [9.17, 15) is 4.79 Å². The summed E-state index contributed by atoms with van der Waals surface area (Å²) in [5.74, 6) is 0.0728. The minimum absolute atomic E-state index is 0.0728. The van der Waals surface area contributed by atoms with E-state index in [0.29, 0.717) is 0 Å². The van der Waals surface area contributed by atoms with Crippen LogP contribution in [-0.2, 0) is 4.79 Å². The Labute approximate surface area is 114 Å². The van der Waals surface area contributed by atoms with E-state index in [0.717, 1.165) is 17.0 Å². The highest BCUT2D eigenvalue weighted by molar-refractivity contribution is 8.00. The number of rotatable bonds is 5. The highest BCUT2D eigenvalue weighted by Gasteiger charge is 2.22. The van der Waals surface area contributed by atoms with Crippen molar-refractivity contribution in [3.8, 4) is 0 Å². The van der Waals surface area contributed by atoms with Crippen LogP contribution in [-0.4, -0.2) is 16.7 Å². The molecule has 3 nitrogen and oxygen atoms in total. The van der Waals surface area contributed by atoms with E-state index in [1.807, 2.05) is 45.0 Å². The maximum atomic E-state index is 12.0. The Hall–Kier alpha value is -1.16. The number of amides is 1. The van der Waals surface area contributed by atoms with Crippen LogP contribution in [0.15, 0.2) is 29.2 Å². The third-order valence-corrected chi connectivity index (χ3v) is 4.02. The van der Waals surface area contributed by atoms with Gasteiger partial charge in [0.05, 0.1) is 5.25 Å². The number of carbonyl (C=O) groups is 1. The van der Waals surface area contributed by atoms with Gasteiger partial charge in [-0.25, -0.2) is 0 Å². The van der Waals surface area contributed by atoms with Crippen molar-refractivity contribution >= 4 is 23.4 Å². The van der Waals surface area contributed by atoms with Gasteiger partial charge in [0, 0.05) is 16.1 Å². The van der Waals surface area contributed by atoms with Crippen LogP contribution in [0.5, 0.6) is 0 Å². The lowest BCUT2D eigenvalue weighted by molar-refractivity contribution is -0.121. The summed E-state index contributed by atoms with van der Waals surface area (Å²) >= 11 is 1.54. The van der Waals surface area contributed by atoms with Crippen molar-refractivity contribution in [1.29, 1.82) is 0 Å². The van der Waals surface area contributed by atoms with Gasteiger partial charge in [0.25, 0.3) is 0 Å². The van der Waals surface area contributed by atoms with E-state index in [-0.39, 0.29) is 16.7 Å². The molecule has 0 aliphatic rings. The topological polar surface area (TPSA) is 55.1 Å². The van der Waals surface area contributed by atoms with E-state index in [4.69, 9.17) is 5.73 Å². The second-order valence-corrected chi connectivity index (χ2v) is 6.47. The fraction of sp³-hybridized carbons (Fsp3) is 0.500. The van der Waals surface area contributed by atoms with Gasteiger partial charge in [-0.1, -0.05) is 6.92 Å². The van der Waals surface area contributed by atoms with Crippen molar-refractivity contribution in [1.82, 2.24) is 5.32 Å². The molecule has 0 aliphatic heterocycles. The number of thioether (sulfide) groups is 1. The van der Waals surface area contributed by atoms with Gasteiger partial charge in [0.2, 0.25) is 5.91 Å². The van der Waals surface area contributed by atoms with Gasteiger partial charge in [0.15, 0.2) is 0 Å². The summed E-state index contributed by atoms with van der Waals surface area (Å²) in [4.78, 5) is 13.1. The molecule has 0 bridgehead atoms. The lowest BCUT2D eigenvalue weighted by Crippen LogP contribution is -2.46.